The van der Waals surface area contributed by atoms with E-state index in [-0.39, 0.29) is 52.5 Å². The number of fused-ring (bicyclic) bond motifs is 1. The lowest BCUT2D eigenvalue weighted by molar-refractivity contribution is -0.181. The summed E-state index contributed by atoms with van der Waals surface area (Å²) < 4.78 is 12.5. The molecule has 1 aliphatic heterocycles. The Labute approximate surface area is 168 Å². The van der Waals surface area contributed by atoms with Crippen molar-refractivity contribution in [3.05, 3.63) is 24.5 Å². The van der Waals surface area contributed by atoms with E-state index in [1.165, 1.54) is 0 Å². The van der Waals surface area contributed by atoms with Crippen molar-refractivity contribution >= 4 is 11.8 Å². The second-order valence-electron chi connectivity index (χ2n) is 10.6. The molecule has 0 radical (unpaired) electrons. The summed E-state index contributed by atoms with van der Waals surface area (Å²) >= 11 is 0. The molecule has 4 rings (SSSR count). The quantitative estimate of drug-likeness (QED) is 0.501. The van der Waals surface area contributed by atoms with Gasteiger partial charge in [0.2, 0.25) is 0 Å². The van der Waals surface area contributed by atoms with Gasteiger partial charge >= 0.3 is 5.97 Å². The highest BCUT2D eigenvalue weighted by molar-refractivity contribution is 5.94. The molecule has 1 heterocycles. The van der Waals surface area contributed by atoms with E-state index in [9.17, 15) is 9.59 Å². The van der Waals surface area contributed by atoms with Crippen LogP contribution in [0.2, 0.25) is 0 Å². The molecule has 4 aliphatic rings. The fraction of sp³-hybridized carbons (Fsp3) is 0.750. The molecule has 0 spiro atoms. The number of ketones is 1. The van der Waals surface area contributed by atoms with Gasteiger partial charge in [0, 0.05) is 29.6 Å². The molecule has 0 amide bonds. The van der Waals surface area contributed by atoms with Crippen LogP contribution in [0.15, 0.2) is 24.5 Å². The number of allylic oxidation sites excluding steroid dienone is 2. The molecular weight excluding hydrogens is 352 g/mol. The second-order valence-corrected chi connectivity index (χ2v) is 10.6. The van der Waals surface area contributed by atoms with E-state index < -0.39 is 0 Å². The molecule has 4 heteroatoms. The number of hydrogen-bond acceptors (Lipinski definition) is 4. The summed E-state index contributed by atoms with van der Waals surface area (Å²) in [5.74, 6) is 1.05. The summed E-state index contributed by atoms with van der Waals surface area (Å²) in [4.78, 5) is 25.9. The van der Waals surface area contributed by atoms with Gasteiger partial charge in [-0.25, -0.2) is 0 Å². The molecule has 0 aromatic carbocycles. The van der Waals surface area contributed by atoms with Gasteiger partial charge in [-0.3, -0.25) is 9.59 Å². The minimum atomic E-state index is -0.380. The van der Waals surface area contributed by atoms with Crippen LogP contribution in [0.25, 0.3) is 0 Å². The van der Waals surface area contributed by atoms with Crippen LogP contribution in [-0.2, 0) is 19.1 Å². The van der Waals surface area contributed by atoms with Crippen LogP contribution in [0.1, 0.15) is 66.2 Å². The van der Waals surface area contributed by atoms with E-state index in [4.69, 9.17) is 9.47 Å². The van der Waals surface area contributed by atoms with E-state index in [1.807, 2.05) is 0 Å². The number of Topliss-reactive ketones (excluding diaryl/α,β-unsaturated/α-hetero) is 1. The first-order valence-electron chi connectivity index (χ1n) is 10.8. The Morgan fingerprint density at radius 2 is 1.86 bits per heavy atom. The van der Waals surface area contributed by atoms with E-state index in [1.54, 1.807) is 6.92 Å². The normalized spacial score (nSPS) is 37.8. The van der Waals surface area contributed by atoms with Gasteiger partial charge in [0.25, 0.3) is 0 Å². The molecule has 0 aromatic rings. The summed E-state index contributed by atoms with van der Waals surface area (Å²) in [5, 5.41) is 0. The Bertz CT molecular complexity index is 721. The van der Waals surface area contributed by atoms with Gasteiger partial charge in [0.05, 0.1) is 11.7 Å². The molecule has 4 nitrogen and oxygen atoms in total. The standard InChI is InChI=1S/C24H34O4/c1-13(2)18(25)12-16-15-11-17-19(14(3)27-21(16)17)20(15)22(26)28-24(23(4,5)6)9-7-8-10-24/h15-17,19-21H,1,3,7-12H2,2,4-6H3. The molecular formula is C24H34O4. The molecule has 6 atom stereocenters. The summed E-state index contributed by atoms with van der Waals surface area (Å²) in [6, 6.07) is 0. The third kappa shape index (κ3) is 2.78. The molecule has 28 heavy (non-hydrogen) atoms. The van der Waals surface area contributed by atoms with E-state index in [0.717, 1.165) is 37.9 Å². The van der Waals surface area contributed by atoms with Gasteiger partial charge in [0.15, 0.2) is 5.78 Å². The third-order valence-electron chi connectivity index (χ3n) is 8.15. The highest BCUT2D eigenvalue weighted by atomic mass is 16.6. The van der Waals surface area contributed by atoms with Crippen molar-refractivity contribution in [2.45, 2.75) is 77.9 Å². The molecule has 0 N–H and O–H groups in total. The van der Waals surface area contributed by atoms with Gasteiger partial charge in [-0.05, 0) is 50.5 Å². The summed E-state index contributed by atoms with van der Waals surface area (Å²) in [6.07, 6.45) is 5.46. The lowest BCUT2D eigenvalue weighted by Gasteiger charge is -2.43. The van der Waals surface area contributed by atoms with Gasteiger partial charge in [-0.1, -0.05) is 33.9 Å². The zero-order valence-corrected chi connectivity index (χ0v) is 17.8. The maximum absolute atomic E-state index is 13.5. The van der Waals surface area contributed by atoms with Gasteiger partial charge in [-0.2, -0.15) is 0 Å². The van der Waals surface area contributed by atoms with Crippen LogP contribution >= 0.6 is 0 Å². The lowest BCUT2D eigenvalue weighted by atomic mass is 9.71. The maximum Gasteiger partial charge on any atom is 0.310 e. The average Bonchev–Trinajstić information content (AvgIpc) is 3.31. The van der Waals surface area contributed by atoms with Crippen LogP contribution in [0.3, 0.4) is 0 Å². The van der Waals surface area contributed by atoms with Crippen molar-refractivity contribution < 1.29 is 19.1 Å². The van der Waals surface area contributed by atoms with Crippen LogP contribution in [-0.4, -0.2) is 23.5 Å². The number of carbonyl (C=O) groups excluding carboxylic acids is 2. The van der Waals surface area contributed by atoms with Crippen LogP contribution in [0.4, 0.5) is 0 Å². The minimum absolute atomic E-state index is 0.0258. The number of carbonyl (C=O) groups is 2. The molecule has 6 unspecified atom stereocenters. The first-order chi connectivity index (χ1) is 13.1. The lowest BCUT2D eigenvalue weighted by Crippen LogP contribution is -2.48. The van der Waals surface area contributed by atoms with Crippen molar-refractivity contribution in [2.75, 3.05) is 0 Å². The number of ether oxygens (including phenoxy) is 2. The van der Waals surface area contributed by atoms with E-state index in [2.05, 4.69) is 33.9 Å². The summed E-state index contributed by atoms with van der Waals surface area (Å²) in [7, 11) is 0. The van der Waals surface area contributed by atoms with Crippen LogP contribution in [0.5, 0.6) is 0 Å². The Hall–Kier alpha value is -1.58. The zero-order valence-electron chi connectivity index (χ0n) is 17.8. The monoisotopic (exact) mass is 386 g/mol. The minimum Gasteiger partial charge on any atom is -0.494 e. The second kappa shape index (κ2) is 6.47. The molecule has 3 saturated carbocycles. The van der Waals surface area contributed by atoms with E-state index >= 15 is 0 Å². The van der Waals surface area contributed by atoms with Crippen molar-refractivity contribution in [1.29, 1.82) is 0 Å². The fourth-order valence-corrected chi connectivity index (χ4v) is 6.54. The molecule has 1 saturated heterocycles. The van der Waals surface area contributed by atoms with Gasteiger partial charge < -0.3 is 9.47 Å². The first kappa shape index (κ1) is 19.7. The SMILES string of the molecule is C=C(C)C(=O)CC1C2CC3C1OC(=C)C3C2C(=O)OC1(C(C)(C)C)CCCC1. The van der Waals surface area contributed by atoms with Crippen LogP contribution in [0, 0.1) is 35.0 Å². The highest BCUT2D eigenvalue weighted by Gasteiger charge is 2.67. The maximum atomic E-state index is 13.5. The largest absolute Gasteiger partial charge is 0.494 e. The number of esters is 1. The smallest absolute Gasteiger partial charge is 0.310 e. The Balaban J connectivity index is 1.59. The first-order valence-corrected chi connectivity index (χ1v) is 10.8. The van der Waals surface area contributed by atoms with Crippen molar-refractivity contribution in [3.8, 4) is 0 Å². The summed E-state index contributed by atoms with van der Waals surface area (Å²) in [5.41, 5.74) is 0.111. The number of rotatable bonds is 5. The Morgan fingerprint density at radius 3 is 2.43 bits per heavy atom. The predicted molar refractivity (Wildman–Crippen MR) is 107 cm³/mol. The molecule has 2 bridgehead atoms. The van der Waals surface area contributed by atoms with Crippen molar-refractivity contribution in [1.82, 2.24) is 0 Å². The predicted octanol–water partition coefficient (Wildman–Crippen LogP) is 4.83. The van der Waals surface area contributed by atoms with Crippen LogP contribution < -0.4 is 0 Å². The fourth-order valence-electron chi connectivity index (χ4n) is 6.54. The summed E-state index contributed by atoms with van der Waals surface area (Å²) in [6.45, 7) is 16.2. The average molecular weight is 387 g/mol. The van der Waals surface area contributed by atoms with Gasteiger partial charge in [-0.15, -0.1) is 0 Å². The van der Waals surface area contributed by atoms with Crippen molar-refractivity contribution in [3.63, 3.8) is 0 Å². The van der Waals surface area contributed by atoms with Crippen molar-refractivity contribution in [2.24, 2.45) is 35.0 Å². The zero-order chi connectivity index (χ0) is 20.4. The number of hydrogen-bond donors (Lipinski definition) is 0. The molecule has 3 aliphatic carbocycles. The Morgan fingerprint density at radius 1 is 1.21 bits per heavy atom. The topological polar surface area (TPSA) is 52.6 Å². The highest BCUT2D eigenvalue weighted by Crippen LogP contribution is 2.64. The van der Waals surface area contributed by atoms with E-state index in [0.29, 0.717) is 17.9 Å². The molecule has 154 valence electrons. The Kier molecular flexibility index (Phi) is 4.55. The molecule has 0 aromatic heterocycles. The third-order valence-corrected chi connectivity index (χ3v) is 8.15. The molecule has 4 fully saturated rings. The van der Waals surface area contributed by atoms with Gasteiger partial charge in [0.1, 0.15) is 11.7 Å².